The van der Waals surface area contributed by atoms with E-state index in [9.17, 15) is 4.79 Å². The van der Waals surface area contributed by atoms with Crippen molar-refractivity contribution < 1.29 is 4.79 Å². The minimum absolute atomic E-state index is 0.245. The van der Waals surface area contributed by atoms with Gasteiger partial charge in [-0.2, -0.15) is 0 Å². The van der Waals surface area contributed by atoms with Crippen LogP contribution in [-0.4, -0.2) is 35.2 Å². The third-order valence-corrected chi connectivity index (χ3v) is 1.30. The minimum Gasteiger partial charge on any atom is -0.370 e. The van der Waals surface area contributed by atoms with Gasteiger partial charge in [-0.1, -0.05) is 0 Å². The summed E-state index contributed by atoms with van der Waals surface area (Å²) in [5.74, 6) is 0.0890. The summed E-state index contributed by atoms with van der Waals surface area (Å²) in [5, 5.41) is 12.4. The zero-order valence-electron chi connectivity index (χ0n) is 6.83. The molecule has 6 nitrogen and oxygen atoms in total. The monoisotopic (exact) mass is 167 g/mol. The van der Waals surface area contributed by atoms with Crippen LogP contribution in [0.2, 0.25) is 0 Å². The number of nitrogens with zero attached hydrogens (tertiary/aromatic N) is 3. The Labute approximate surface area is 69.4 Å². The fourth-order valence-corrected chi connectivity index (χ4v) is 0.729. The number of hydrogen-bond acceptors (Lipinski definition) is 5. The highest BCUT2D eigenvalue weighted by molar-refractivity contribution is 5.96. The number of rotatable bonds is 2. The first-order valence-electron chi connectivity index (χ1n) is 3.37. The molecule has 64 valence electrons. The van der Waals surface area contributed by atoms with E-state index in [4.69, 9.17) is 0 Å². The SMILES string of the molecule is CNC(=O)c1ncnnc1NC. The van der Waals surface area contributed by atoms with E-state index in [1.165, 1.54) is 13.4 Å². The van der Waals surface area contributed by atoms with Crippen LogP contribution in [0.1, 0.15) is 10.5 Å². The summed E-state index contributed by atoms with van der Waals surface area (Å²) in [6.07, 6.45) is 1.23. The Balaban J connectivity index is 3.04. The van der Waals surface area contributed by atoms with Gasteiger partial charge in [0, 0.05) is 14.1 Å². The molecule has 1 rings (SSSR count). The highest BCUT2D eigenvalue weighted by Gasteiger charge is 2.10. The van der Waals surface area contributed by atoms with Crippen molar-refractivity contribution in [2.24, 2.45) is 0 Å². The van der Waals surface area contributed by atoms with Crippen LogP contribution < -0.4 is 10.6 Å². The molecule has 1 amide bonds. The van der Waals surface area contributed by atoms with Gasteiger partial charge < -0.3 is 10.6 Å². The van der Waals surface area contributed by atoms with Crippen molar-refractivity contribution in [3.63, 3.8) is 0 Å². The van der Waals surface area contributed by atoms with Crippen LogP contribution in [0.25, 0.3) is 0 Å². The number of anilines is 1. The molecular weight excluding hydrogens is 158 g/mol. The van der Waals surface area contributed by atoms with Gasteiger partial charge in [-0.05, 0) is 0 Å². The number of aromatic nitrogens is 3. The largest absolute Gasteiger partial charge is 0.370 e. The van der Waals surface area contributed by atoms with E-state index in [0.29, 0.717) is 5.82 Å². The first kappa shape index (κ1) is 8.38. The molecule has 1 heterocycles. The Morgan fingerprint density at radius 3 is 2.83 bits per heavy atom. The highest BCUT2D eigenvalue weighted by Crippen LogP contribution is 2.04. The molecule has 1 aromatic rings. The van der Waals surface area contributed by atoms with Gasteiger partial charge in [-0.25, -0.2) is 4.98 Å². The second-order valence-corrected chi connectivity index (χ2v) is 1.99. The number of carbonyl (C=O) groups excluding carboxylic acids is 1. The van der Waals surface area contributed by atoms with Crippen LogP contribution in [0.3, 0.4) is 0 Å². The van der Waals surface area contributed by atoms with Crippen molar-refractivity contribution in [1.29, 1.82) is 0 Å². The Bertz CT molecular complexity index is 287. The average molecular weight is 167 g/mol. The van der Waals surface area contributed by atoms with Gasteiger partial charge >= 0.3 is 0 Å². The predicted molar refractivity (Wildman–Crippen MR) is 42.8 cm³/mol. The van der Waals surface area contributed by atoms with E-state index >= 15 is 0 Å². The van der Waals surface area contributed by atoms with Crippen LogP contribution in [0.15, 0.2) is 6.33 Å². The summed E-state index contributed by atoms with van der Waals surface area (Å²) in [4.78, 5) is 14.9. The zero-order chi connectivity index (χ0) is 8.97. The smallest absolute Gasteiger partial charge is 0.273 e. The van der Waals surface area contributed by atoms with Crippen molar-refractivity contribution in [1.82, 2.24) is 20.5 Å². The van der Waals surface area contributed by atoms with Gasteiger partial charge in [0.1, 0.15) is 6.33 Å². The second kappa shape index (κ2) is 3.61. The standard InChI is InChI=1S/C6H9N5O/c1-7-5-4(6(12)8-2)9-3-10-11-5/h3H,1-2H3,(H,7,11)(H,8,12). The maximum absolute atomic E-state index is 11.1. The predicted octanol–water partition coefficient (Wildman–Crippen LogP) is -0.727. The van der Waals surface area contributed by atoms with Crippen LogP contribution in [-0.2, 0) is 0 Å². The Morgan fingerprint density at radius 2 is 2.25 bits per heavy atom. The Morgan fingerprint density at radius 1 is 1.50 bits per heavy atom. The molecule has 0 spiro atoms. The minimum atomic E-state index is -0.283. The van der Waals surface area contributed by atoms with Crippen LogP contribution in [0.5, 0.6) is 0 Å². The first-order valence-corrected chi connectivity index (χ1v) is 3.37. The van der Waals surface area contributed by atoms with Gasteiger partial charge in [-0.3, -0.25) is 4.79 Å². The summed E-state index contributed by atoms with van der Waals surface area (Å²) < 4.78 is 0. The lowest BCUT2D eigenvalue weighted by Crippen LogP contribution is -2.21. The van der Waals surface area contributed by atoms with Gasteiger partial charge in [0.05, 0.1) is 0 Å². The maximum Gasteiger partial charge on any atom is 0.273 e. The van der Waals surface area contributed by atoms with Crippen LogP contribution >= 0.6 is 0 Å². The summed E-state index contributed by atoms with van der Waals surface area (Å²) in [6, 6.07) is 0. The quantitative estimate of drug-likeness (QED) is 0.607. The highest BCUT2D eigenvalue weighted by atomic mass is 16.1. The second-order valence-electron chi connectivity index (χ2n) is 1.99. The van der Waals surface area contributed by atoms with Gasteiger partial charge in [0.15, 0.2) is 11.5 Å². The normalized spacial score (nSPS) is 9.17. The van der Waals surface area contributed by atoms with E-state index in [0.717, 1.165) is 0 Å². The molecule has 0 bridgehead atoms. The van der Waals surface area contributed by atoms with Crippen molar-refractivity contribution >= 4 is 11.7 Å². The van der Waals surface area contributed by atoms with E-state index in [2.05, 4.69) is 25.8 Å². The fourth-order valence-electron chi connectivity index (χ4n) is 0.729. The molecule has 0 aliphatic rings. The summed E-state index contributed by atoms with van der Waals surface area (Å²) in [6.45, 7) is 0. The van der Waals surface area contributed by atoms with Crippen molar-refractivity contribution in [2.75, 3.05) is 19.4 Å². The maximum atomic E-state index is 11.1. The molecule has 0 aromatic carbocycles. The summed E-state index contributed by atoms with van der Waals surface area (Å²) in [5.41, 5.74) is 0.245. The topological polar surface area (TPSA) is 79.8 Å². The molecule has 12 heavy (non-hydrogen) atoms. The third-order valence-electron chi connectivity index (χ3n) is 1.30. The molecular formula is C6H9N5O. The van der Waals surface area contributed by atoms with Gasteiger partial charge in [-0.15, -0.1) is 10.2 Å². The molecule has 0 aliphatic carbocycles. The number of hydrogen-bond donors (Lipinski definition) is 2. The molecule has 1 aromatic heterocycles. The molecule has 0 unspecified atom stereocenters. The lowest BCUT2D eigenvalue weighted by Gasteiger charge is -2.02. The third kappa shape index (κ3) is 1.47. The summed E-state index contributed by atoms with van der Waals surface area (Å²) in [7, 11) is 3.18. The number of amides is 1. The molecule has 0 atom stereocenters. The molecule has 2 N–H and O–H groups in total. The van der Waals surface area contributed by atoms with Crippen LogP contribution in [0.4, 0.5) is 5.82 Å². The van der Waals surface area contributed by atoms with Gasteiger partial charge in [0.2, 0.25) is 0 Å². The Kier molecular flexibility index (Phi) is 2.52. The number of nitrogens with one attached hydrogen (secondary N) is 2. The molecule has 0 aliphatic heterocycles. The molecule has 6 heteroatoms. The number of carbonyl (C=O) groups is 1. The summed E-state index contributed by atoms with van der Waals surface area (Å²) >= 11 is 0. The van der Waals surface area contributed by atoms with Gasteiger partial charge in [0.25, 0.3) is 5.91 Å². The van der Waals surface area contributed by atoms with E-state index < -0.39 is 0 Å². The molecule has 0 saturated carbocycles. The van der Waals surface area contributed by atoms with E-state index in [1.54, 1.807) is 7.05 Å². The zero-order valence-corrected chi connectivity index (χ0v) is 6.83. The van der Waals surface area contributed by atoms with E-state index in [-0.39, 0.29) is 11.6 Å². The van der Waals surface area contributed by atoms with Crippen LogP contribution in [0, 0.1) is 0 Å². The van der Waals surface area contributed by atoms with Crippen molar-refractivity contribution in [2.45, 2.75) is 0 Å². The molecule has 0 radical (unpaired) electrons. The first-order chi connectivity index (χ1) is 5.79. The Hall–Kier alpha value is -1.72. The van der Waals surface area contributed by atoms with E-state index in [1.807, 2.05) is 0 Å². The lowest BCUT2D eigenvalue weighted by molar-refractivity contribution is 0.0958. The fraction of sp³-hybridized carbons (Fsp3) is 0.333. The van der Waals surface area contributed by atoms with Crippen molar-refractivity contribution in [3.8, 4) is 0 Å². The average Bonchev–Trinajstić information content (AvgIpc) is 2.16. The lowest BCUT2D eigenvalue weighted by atomic mass is 10.4. The molecule has 0 fully saturated rings. The molecule has 0 saturated heterocycles. The van der Waals surface area contributed by atoms with Crippen molar-refractivity contribution in [3.05, 3.63) is 12.0 Å².